The van der Waals surface area contributed by atoms with Crippen LogP contribution in [-0.2, 0) is 9.53 Å². The number of nitrogens with two attached hydrogens (primary N) is 1. The molecule has 3 N–H and O–H groups in total. The van der Waals surface area contributed by atoms with E-state index < -0.39 is 11.5 Å². The van der Waals surface area contributed by atoms with Crippen molar-refractivity contribution in [2.45, 2.75) is 43.8 Å². The van der Waals surface area contributed by atoms with E-state index in [2.05, 4.69) is 14.7 Å². The summed E-state index contributed by atoms with van der Waals surface area (Å²) in [4.78, 5) is 29.6. The van der Waals surface area contributed by atoms with Crippen molar-refractivity contribution in [3.8, 4) is 0 Å². The van der Waals surface area contributed by atoms with Crippen LogP contribution >= 0.6 is 11.8 Å². The third kappa shape index (κ3) is 5.34. The number of methoxy groups -OCH3 is 1. The molecule has 0 aliphatic rings. The number of nitrogens with zero attached hydrogens (tertiary/aromatic N) is 1. The summed E-state index contributed by atoms with van der Waals surface area (Å²) in [6.45, 7) is 3.46. The van der Waals surface area contributed by atoms with Crippen molar-refractivity contribution in [3.05, 3.63) is 22.1 Å². The molecule has 0 aromatic carbocycles. The van der Waals surface area contributed by atoms with E-state index in [9.17, 15) is 9.59 Å². The summed E-state index contributed by atoms with van der Waals surface area (Å²) in [5.41, 5.74) is 5.49. The lowest BCUT2D eigenvalue weighted by atomic mass is 9.97. The Labute approximate surface area is 122 Å². The number of rotatable bonds is 7. The smallest absolute Gasteiger partial charge is 0.325 e. The van der Waals surface area contributed by atoms with Gasteiger partial charge in [-0.15, -0.1) is 0 Å². The summed E-state index contributed by atoms with van der Waals surface area (Å²) in [5.74, 6) is 0.416. The van der Waals surface area contributed by atoms with Gasteiger partial charge >= 0.3 is 5.97 Å². The van der Waals surface area contributed by atoms with Crippen molar-refractivity contribution in [3.63, 3.8) is 0 Å². The fraction of sp³-hybridized carbons (Fsp3) is 0.615. The first kappa shape index (κ1) is 16.7. The monoisotopic (exact) mass is 299 g/mol. The average Bonchev–Trinajstić information content (AvgIpc) is 2.36. The van der Waals surface area contributed by atoms with Crippen LogP contribution in [0.15, 0.2) is 16.0 Å². The van der Waals surface area contributed by atoms with Crippen LogP contribution in [0.4, 0.5) is 0 Å². The lowest BCUT2D eigenvalue weighted by molar-refractivity contribution is -0.146. The Kier molecular flexibility index (Phi) is 6.22. The Hall–Kier alpha value is -1.34. The number of hydrogen-bond acceptors (Lipinski definition) is 6. The molecule has 0 aliphatic carbocycles. The summed E-state index contributed by atoms with van der Waals surface area (Å²) < 4.78 is 4.65. The second kappa shape index (κ2) is 7.44. The third-order valence-corrected chi connectivity index (χ3v) is 3.79. The van der Waals surface area contributed by atoms with Gasteiger partial charge < -0.3 is 15.5 Å². The number of esters is 1. The maximum atomic E-state index is 11.4. The molecule has 0 radical (unpaired) electrons. The summed E-state index contributed by atoms with van der Waals surface area (Å²) in [6.07, 6.45) is 2.26. The van der Waals surface area contributed by atoms with E-state index in [0.717, 1.165) is 18.6 Å². The normalized spacial score (nSPS) is 13.8. The first-order valence-corrected chi connectivity index (χ1v) is 7.42. The van der Waals surface area contributed by atoms with Gasteiger partial charge in [0.15, 0.2) is 5.16 Å². The highest BCUT2D eigenvalue weighted by molar-refractivity contribution is 7.99. The molecule has 7 heteroatoms. The zero-order chi connectivity index (χ0) is 15.2. The van der Waals surface area contributed by atoms with Gasteiger partial charge in [0.05, 0.1) is 7.11 Å². The molecule has 0 amide bonds. The molecular weight excluding hydrogens is 278 g/mol. The molecule has 1 unspecified atom stereocenters. The van der Waals surface area contributed by atoms with Crippen molar-refractivity contribution in [1.29, 1.82) is 0 Å². The number of hydrogen-bond donors (Lipinski definition) is 2. The highest BCUT2D eigenvalue weighted by atomic mass is 32.2. The van der Waals surface area contributed by atoms with Crippen molar-refractivity contribution in [2.24, 2.45) is 5.73 Å². The third-order valence-electron chi connectivity index (χ3n) is 2.83. The SMILES string of the molecule is COC(=O)C(C)(N)CCCCSc1nc(C)cc(=O)[nH]1. The van der Waals surface area contributed by atoms with E-state index in [0.29, 0.717) is 17.3 Å². The topological polar surface area (TPSA) is 98.1 Å². The fourth-order valence-corrected chi connectivity index (χ4v) is 2.64. The number of nitrogens with one attached hydrogen (secondary N) is 1. The fourth-order valence-electron chi connectivity index (χ4n) is 1.72. The zero-order valence-corrected chi connectivity index (χ0v) is 12.9. The number of H-pyrrole nitrogens is 1. The molecule has 0 bridgehead atoms. The molecule has 0 saturated carbocycles. The molecule has 1 rings (SSSR count). The van der Waals surface area contributed by atoms with Crippen LogP contribution in [0.1, 0.15) is 31.9 Å². The molecule has 1 aromatic heterocycles. The summed E-state index contributed by atoms with van der Waals surface area (Å²) in [7, 11) is 1.34. The van der Waals surface area contributed by atoms with Gasteiger partial charge in [0, 0.05) is 17.5 Å². The second-order valence-electron chi connectivity index (χ2n) is 4.91. The minimum absolute atomic E-state index is 0.139. The van der Waals surface area contributed by atoms with Gasteiger partial charge in [-0.05, 0) is 26.7 Å². The molecule has 0 saturated heterocycles. The van der Waals surface area contributed by atoms with Crippen LogP contribution in [0, 0.1) is 6.92 Å². The number of ether oxygens (including phenoxy) is 1. The van der Waals surface area contributed by atoms with Crippen LogP contribution in [0.3, 0.4) is 0 Å². The average molecular weight is 299 g/mol. The van der Waals surface area contributed by atoms with Crippen molar-refractivity contribution in [1.82, 2.24) is 9.97 Å². The number of aryl methyl sites for hydroxylation is 1. The van der Waals surface area contributed by atoms with Crippen LogP contribution < -0.4 is 11.3 Å². The maximum absolute atomic E-state index is 11.4. The molecule has 6 nitrogen and oxygen atoms in total. The van der Waals surface area contributed by atoms with Gasteiger partial charge in [0.1, 0.15) is 5.54 Å². The van der Waals surface area contributed by atoms with Gasteiger partial charge in [-0.2, -0.15) is 0 Å². The highest BCUT2D eigenvalue weighted by Crippen LogP contribution is 2.17. The largest absolute Gasteiger partial charge is 0.468 e. The number of aromatic nitrogens is 2. The van der Waals surface area contributed by atoms with Crippen molar-refractivity contribution >= 4 is 17.7 Å². The van der Waals surface area contributed by atoms with Gasteiger partial charge in [0.2, 0.25) is 0 Å². The zero-order valence-electron chi connectivity index (χ0n) is 12.1. The molecule has 0 fully saturated rings. The lowest BCUT2D eigenvalue weighted by Gasteiger charge is -2.20. The molecule has 0 spiro atoms. The Morgan fingerprint density at radius 3 is 2.85 bits per heavy atom. The quantitative estimate of drug-likeness (QED) is 0.340. The minimum Gasteiger partial charge on any atom is -0.468 e. The van der Waals surface area contributed by atoms with Crippen LogP contribution in [0.25, 0.3) is 0 Å². The summed E-state index contributed by atoms with van der Waals surface area (Å²) >= 11 is 1.49. The first-order chi connectivity index (χ1) is 9.35. The van der Waals surface area contributed by atoms with Gasteiger partial charge in [-0.25, -0.2) is 4.98 Å². The molecule has 20 heavy (non-hydrogen) atoms. The standard InChI is InChI=1S/C13H21N3O3S/c1-9-8-10(17)16-12(15-9)20-7-5-4-6-13(2,14)11(18)19-3/h8H,4-7,14H2,1-3H3,(H,15,16,17). The van der Waals surface area contributed by atoms with Gasteiger partial charge in [-0.1, -0.05) is 18.2 Å². The Morgan fingerprint density at radius 2 is 2.25 bits per heavy atom. The van der Waals surface area contributed by atoms with Crippen molar-refractivity contribution in [2.75, 3.05) is 12.9 Å². The van der Waals surface area contributed by atoms with Gasteiger partial charge in [0.25, 0.3) is 5.56 Å². The summed E-state index contributed by atoms with van der Waals surface area (Å²) in [6, 6.07) is 1.46. The first-order valence-electron chi connectivity index (χ1n) is 6.43. The number of aromatic amines is 1. The predicted octanol–water partition coefficient (Wildman–Crippen LogP) is 1.23. The highest BCUT2D eigenvalue weighted by Gasteiger charge is 2.28. The van der Waals surface area contributed by atoms with Crippen LogP contribution in [0.5, 0.6) is 0 Å². The van der Waals surface area contributed by atoms with E-state index in [-0.39, 0.29) is 5.56 Å². The Morgan fingerprint density at radius 1 is 1.55 bits per heavy atom. The number of unbranched alkanes of at least 4 members (excludes halogenated alkanes) is 1. The van der Waals surface area contributed by atoms with Crippen molar-refractivity contribution < 1.29 is 9.53 Å². The second-order valence-corrected chi connectivity index (χ2v) is 5.99. The van der Waals surface area contributed by atoms with E-state index in [4.69, 9.17) is 5.73 Å². The predicted molar refractivity (Wildman–Crippen MR) is 78.8 cm³/mol. The maximum Gasteiger partial charge on any atom is 0.325 e. The van der Waals surface area contributed by atoms with E-state index in [1.165, 1.54) is 24.9 Å². The van der Waals surface area contributed by atoms with Gasteiger partial charge in [-0.3, -0.25) is 9.59 Å². The van der Waals surface area contributed by atoms with Crippen LogP contribution in [-0.4, -0.2) is 34.3 Å². The Bertz CT molecular complexity index is 514. The molecular formula is C13H21N3O3S. The molecule has 1 atom stereocenters. The molecule has 1 aromatic rings. The van der Waals surface area contributed by atoms with Crippen LogP contribution in [0.2, 0.25) is 0 Å². The number of carbonyl (C=O) groups is 1. The number of carbonyl (C=O) groups excluding carboxylic acids is 1. The molecule has 0 aliphatic heterocycles. The molecule has 1 heterocycles. The molecule has 112 valence electrons. The van der Waals surface area contributed by atoms with E-state index in [1.807, 2.05) is 0 Å². The van der Waals surface area contributed by atoms with E-state index >= 15 is 0 Å². The van der Waals surface area contributed by atoms with E-state index in [1.54, 1.807) is 13.8 Å². The number of thioether (sulfide) groups is 1. The lowest BCUT2D eigenvalue weighted by Crippen LogP contribution is -2.45. The minimum atomic E-state index is -0.935. The Balaban J connectivity index is 2.32. The summed E-state index contributed by atoms with van der Waals surface area (Å²) in [5, 5.41) is 0.624.